The molecule has 1 saturated heterocycles. The van der Waals surface area contributed by atoms with Crippen LogP contribution in [-0.2, 0) is 7.05 Å². The molecule has 98 valence electrons. The maximum Gasteiger partial charge on any atom is 0.0573 e. The molecule has 2 aliphatic rings. The molecule has 1 fully saturated rings. The zero-order valence-electron chi connectivity index (χ0n) is 11.6. The summed E-state index contributed by atoms with van der Waals surface area (Å²) in [6.45, 7) is 1.22. The first kappa shape index (κ1) is 11.3. The van der Waals surface area contributed by atoms with Crippen LogP contribution < -0.4 is 0 Å². The van der Waals surface area contributed by atoms with Crippen molar-refractivity contribution in [1.29, 1.82) is 0 Å². The molecule has 0 bridgehead atoms. The number of likely N-dealkylation sites (N-methyl/N-ethyl adjacent to an activating group) is 1. The van der Waals surface area contributed by atoms with Gasteiger partial charge < -0.3 is 4.57 Å². The topological polar surface area (TPSA) is 8.17 Å². The molecule has 0 spiro atoms. The molecule has 0 radical (unpaired) electrons. The van der Waals surface area contributed by atoms with E-state index in [0.29, 0.717) is 12.0 Å². The van der Waals surface area contributed by atoms with Gasteiger partial charge in [-0.05, 0) is 43.6 Å². The van der Waals surface area contributed by atoms with Crippen molar-refractivity contribution in [2.24, 2.45) is 7.05 Å². The van der Waals surface area contributed by atoms with Gasteiger partial charge in [0.15, 0.2) is 0 Å². The third-order valence-corrected chi connectivity index (χ3v) is 4.93. The highest BCUT2D eigenvalue weighted by molar-refractivity contribution is 5.74. The Labute approximate surface area is 114 Å². The molecule has 2 nitrogen and oxygen atoms in total. The minimum absolute atomic E-state index is 0.554. The lowest BCUT2D eigenvalue weighted by Crippen LogP contribution is -2.38. The molecule has 1 aliphatic heterocycles. The Hall–Kier alpha value is -1.54. The van der Waals surface area contributed by atoms with E-state index in [1.54, 1.807) is 5.56 Å². The summed E-state index contributed by atoms with van der Waals surface area (Å²) >= 11 is 0. The summed E-state index contributed by atoms with van der Waals surface area (Å²) in [6.07, 6.45) is 4.84. The zero-order valence-corrected chi connectivity index (χ0v) is 11.6. The molecule has 2 aromatic rings. The second kappa shape index (κ2) is 3.97. The minimum atomic E-state index is 0.554. The summed E-state index contributed by atoms with van der Waals surface area (Å²) < 4.78 is 2.32. The maximum absolute atomic E-state index is 2.54. The summed E-state index contributed by atoms with van der Waals surface area (Å²) in [5, 5.41) is 0. The molecule has 1 aromatic carbocycles. The lowest BCUT2D eigenvalue weighted by Gasteiger charge is -2.43. The summed E-state index contributed by atoms with van der Waals surface area (Å²) in [5.74, 6) is 0.663. The van der Waals surface area contributed by atoms with Gasteiger partial charge in [-0.2, -0.15) is 0 Å². The lowest BCUT2D eigenvalue weighted by molar-refractivity contribution is 0.153. The number of nitrogens with zero attached hydrogens (tertiary/aromatic N) is 2. The first-order valence-electron chi connectivity index (χ1n) is 7.22. The summed E-state index contributed by atoms with van der Waals surface area (Å²) in [7, 11) is 4.47. The molecule has 0 amide bonds. The standard InChI is InChI=1S/C17H20N2/c1-18-10-5-8-14-12-6-3-4-7-13(12)15-9-11-19(2)17(15)16(14)18/h3-4,6-7,9,11,14,16H,5,8,10H2,1-2H3. The van der Waals surface area contributed by atoms with E-state index in [9.17, 15) is 0 Å². The Kier molecular flexibility index (Phi) is 2.36. The van der Waals surface area contributed by atoms with Gasteiger partial charge in [0.1, 0.15) is 0 Å². The van der Waals surface area contributed by atoms with Crippen molar-refractivity contribution in [1.82, 2.24) is 9.47 Å². The van der Waals surface area contributed by atoms with Crippen LogP contribution in [0.15, 0.2) is 36.5 Å². The number of aryl methyl sites for hydroxylation is 1. The largest absolute Gasteiger partial charge is 0.353 e. The number of hydrogen-bond donors (Lipinski definition) is 0. The minimum Gasteiger partial charge on any atom is -0.353 e. The van der Waals surface area contributed by atoms with Gasteiger partial charge in [-0.25, -0.2) is 0 Å². The fourth-order valence-electron chi connectivity index (χ4n) is 4.09. The monoisotopic (exact) mass is 252 g/mol. The van der Waals surface area contributed by atoms with Crippen LogP contribution in [0.4, 0.5) is 0 Å². The van der Waals surface area contributed by atoms with Crippen molar-refractivity contribution < 1.29 is 0 Å². The number of hydrogen-bond acceptors (Lipinski definition) is 1. The van der Waals surface area contributed by atoms with Gasteiger partial charge in [-0.1, -0.05) is 24.3 Å². The Morgan fingerprint density at radius 1 is 1.05 bits per heavy atom. The Balaban J connectivity index is 2.00. The summed E-state index contributed by atoms with van der Waals surface area (Å²) in [5.41, 5.74) is 5.95. The fraction of sp³-hybridized carbons (Fsp3) is 0.412. The van der Waals surface area contributed by atoms with Crippen molar-refractivity contribution in [3.63, 3.8) is 0 Å². The SMILES string of the molecule is CN1CCCC2c3ccccc3-c3ccn(C)c3C21. The Morgan fingerprint density at radius 2 is 1.89 bits per heavy atom. The highest BCUT2D eigenvalue weighted by Gasteiger charge is 2.39. The van der Waals surface area contributed by atoms with Crippen molar-refractivity contribution in [2.75, 3.05) is 13.6 Å². The molecule has 2 heteroatoms. The molecular formula is C17H20N2. The molecule has 1 aromatic heterocycles. The van der Waals surface area contributed by atoms with Gasteiger partial charge in [0.25, 0.3) is 0 Å². The van der Waals surface area contributed by atoms with Crippen LogP contribution in [0.1, 0.15) is 36.1 Å². The van der Waals surface area contributed by atoms with Crippen molar-refractivity contribution in [2.45, 2.75) is 24.8 Å². The van der Waals surface area contributed by atoms with Crippen LogP contribution in [0.3, 0.4) is 0 Å². The van der Waals surface area contributed by atoms with Crippen molar-refractivity contribution >= 4 is 0 Å². The van der Waals surface area contributed by atoms with E-state index in [2.05, 4.69) is 60.1 Å². The quantitative estimate of drug-likeness (QED) is 0.696. The summed E-state index contributed by atoms with van der Waals surface area (Å²) in [4.78, 5) is 2.54. The predicted molar refractivity (Wildman–Crippen MR) is 78.2 cm³/mol. The number of likely N-dealkylation sites (tertiary alicyclic amines) is 1. The van der Waals surface area contributed by atoms with E-state index in [0.717, 1.165) is 0 Å². The third-order valence-electron chi connectivity index (χ3n) is 4.93. The van der Waals surface area contributed by atoms with Crippen molar-refractivity contribution in [3.8, 4) is 11.1 Å². The van der Waals surface area contributed by atoms with E-state index < -0.39 is 0 Å². The average Bonchev–Trinajstić information content (AvgIpc) is 2.82. The average molecular weight is 252 g/mol. The molecule has 2 unspecified atom stereocenters. The Morgan fingerprint density at radius 3 is 2.79 bits per heavy atom. The van der Waals surface area contributed by atoms with Crippen molar-refractivity contribution in [3.05, 3.63) is 47.8 Å². The second-order valence-electron chi connectivity index (χ2n) is 5.99. The lowest BCUT2D eigenvalue weighted by atomic mass is 9.74. The number of piperidine rings is 1. The van der Waals surface area contributed by atoms with E-state index in [1.807, 2.05) is 0 Å². The first-order valence-corrected chi connectivity index (χ1v) is 7.22. The highest BCUT2D eigenvalue weighted by atomic mass is 15.2. The van der Waals surface area contributed by atoms with Crippen LogP contribution in [0.5, 0.6) is 0 Å². The van der Waals surface area contributed by atoms with Crippen LogP contribution in [0.2, 0.25) is 0 Å². The second-order valence-corrected chi connectivity index (χ2v) is 5.99. The van der Waals surface area contributed by atoms with E-state index in [-0.39, 0.29) is 0 Å². The van der Waals surface area contributed by atoms with E-state index in [1.165, 1.54) is 36.2 Å². The van der Waals surface area contributed by atoms with Gasteiger partial charge in [0, 0.05) is 30.4 Å². The number of aromatic nitrogens is 1. The van der Waals surface area contributed by atoms with Gasteiger partial charge in [0.2, 0.25) is 0 Å². The van der Waals surface area contributed by atoms with E-state index in [4.69, 9.17) is 0 Å². The smallest absolute Gasteiger partial charge is 0.0573 e. The molecule has 2 heterocycles. The number of benzene rings is 1. The molecule has 0 saturated carbocycles. The number of fused-ring (bicyclic) bond motifs is 6. The molecule has 19 heavy (non-hydrogen) atoms. The molecule has 0 N–H and O–H groups in total. The van der Waals surface area contributed by atoms with Gasteiger partial charge in [-0.15, -0.1) is 0 Å². The van der Waals surface area contributed by atoms with Crippen LogP contribution >= 0.6 is 0 Å². The summed E-state index contributed by atoms with van der Waals surface area (Å²) in [6, 6.07) is 11.8. The number of rotatable bonds is 0. The van der Waals surface area contributed by atoms with E-state index >= 15 is 0 Å². The van der Waals surface area contributed by atoms with Crippen LogP contribution in [-0.4, -0.2) is 23.1 Å². The van der Waals surface area contributed by atoms with Gasteiger partial charge in [0.05, 0.1) is 6.04 Å². The fourth-order valence-corrected chi connectivity index (χ4v) is 4.09. The van der Waals surface area contributed by atoms with Crippen LogP contribution in [0, 0.1) is 0 Å². The molecule has 2 atom stereocenters. The maximum atomic E-state index is 2.54. The predicted octanol–water partition coefficient (Wildman–Crippen LogP) is 3.56. The first-order chi connectivity index (χ1) is 9.27. The molecule has 1 aliphatic carbocycles. The highest BCUT2D eigenvalue weighted by Crippen LogP contribution is 2.51. The molecule has 4 rings (SSSR count). The van der Waals surface area contributed by atoms with Gasteiger partial charge >= 0.3 is 0 Å². The third kappa shape index (κ3) is 1.47. The Bertz CT molecular complexity index is 626. The normalized spacial score (nSPS) is 25.6. The van der Waals surface area contributed by atoms with Gasteiger partial charge in [-0.3, -0.25) is 4.90 Å². The molecular weight excluding hydrogens is 232 g/mol. The van der Waals surface area contributed by atoms with Crippen LogP contribution in [0.25, 0.3) is 11.1 Å². The zero-order chi connectivity index (χ0) is 13.0.